The van der Waals surface area contributed by atoms with Crippen LogP contribution in [0.3, 0.4) is 0 Å². The minimum Gasteiger partial charge on any atom is -0.390 e. The van der Waals surface area contributed by atoms with Crippen molar-refractivity contribution in [2.75, 3.05) is 6.16 Å². The first kappa shape index (κ1) is 20.9. The summed E-state index contributed by atoms with van der Waals surface area (Å²) in [5, 5.41) is 28.6. The van der Waals surface area contributed by atoms with E-state index in [1.807, 2.05) is 44.2 Å². The van der Waals surface area contributed by atoms with E-state index in [9.17, 15) is 10.2 Å². The SMILES string of the molecule is C\C=C/C=C(\C=C/C)n1cc(C2OC(CCP(O)O)CC(O)C2O)nn1. The molecule has 1 fully saturated rings. The molecule has 1 aliphatic rings. The second-order valence-corrected chi connectivity index (χ2v) is 7.25. The van der Waals surface area contributed by atoms with Crippen molar-refractivity contribution in [1.29, 1.82) is 0 Å². The smallest absolute Gasteiger partial charge is 0.165 e. The summed E-state index contributed by atoms with van der Waals surface area (Å²) in [7, 11) is -2.01. The van der Waals surface area contributed by atoms with Crippen LogP contribution in [-0.4, -0.2) is 59.5 Å². The molecule has 9 heteroatoms. The van der Waals surface area contributed by atoms with Crippen molar-refractivity contribution in [2.24, 2.45) is 0 Å². The molecule has 0 aromatic carbocycles. The van der Waals surface area contributed by atoms with E-state index in [0.29, 0.717) is 12.1 Å². The highest BCUT2D eigenvalue weighted by molar-refractivity contribution is 7.45. The topological polar surface area (TPSA) is 121 Å². The maximum absolute atomic E-state index is 10.3. The van der Waals surface area contributed by atoms with Crippen LogP contribution in [0.2, 0.25) is 0 Å². The lowest BCUT2D eigenvalue weighted by Crippen LogP contribution is -2.43. The summed E-state index contributed by atoms with van der Waals surface area (Å²) in [5.41, 5.74) is 1.20. The minimum absolute atomic E-state index is 0.194. The zero-order valence-electron chi connectivity index (χ0n) is 14.9. The predicted molar refractivity (Wildman–Crippen MR) is 99.0 cm³/mol. The second kappa shape index (κ2) is 10.1. The van der Waals surface area contributed by atoms with E-state index in [1.165, 1.54) is 0 Å². The molecule has 0 aliphatic carbocycles. The van der Waals surface area contributed by atoms with Gasteiger partial charge >= 0.3 is 0 Å². The van der Waals surface area contributed by atoms with Crippen molar-refractivity contribution in [3.8, 4) is 0 Å². The first-order chi connectivity index (χ1) is 12.5. The Labute approximate surface area is 154 Å². The summed E-state index contributed by atoms with van der Waals surface area (Å²) in [4.78, 5) is 18.2. The van der Waals surface area contributed by atoms with Crippen LogP contribution in [0, 0.1) is 0 Å². The second-order valence-electron chi connectivity index (χ2n) is 6.06. The van der Waals surface area contributed by atoms with Crippen LogP contribution in [-0.2, 0) is 4.74 Å². The van der Waals surface area contributed by atoms with Gasteiger partial charge in [0, 0.05) is 12.6 Å². The Morgan fingerprint density at radius 1 is 1.35 bits per heavy atom. The summed E-state index contributed by atoms with van der Waals surface area (Å²) in [6, 6.07) is 0. The van der Waals surface area contributed by atoms with Gasteiger partial charge in [-0.15, -0.1) is 5.10 Å². The highest BCUT2D eigenvalue weighted by Crippen LogP contribution is 2.34. The lowest BCUT2D eigenvalue weighted by Gasteiger charge is -2.36. The summed E-state index contributed by atoms with van der Waals surface area (Å²) < 4.78 is 7.42. The van der Waals surface area contributed by atoms with E-state index < -0.39 is 26.7 Å². The third kappa shape index (κ3) is 5.54. The lowest BCUT2D eigenvalue weighted by molar-refractivity contribution is -0.172. The number of allylic oxidation sites excluding steroid dienone is 6. The number of nitrogens with zero attached hydrogens (tertiary/aromatic N) is 3. The number of hydrogen-bond donors (Lipinski definition) is 4. The monoisotopic (exact) mass is 383 g/mol. The maximum Gasteiger partial charge on any atom is 0.165 e. The molecular formula is C17H26N3O5P. The Kier molecular flexibility index (Phi) is 8.09. The van der Waals surface area contributed by atoms with Gasteiger partial charge in [-0.25, -0.2) is 4.68 Å². The number of aliphatic hydroxyl groups excluding tert-OH is 2. The van der Waals surface area contributed by atoms with Gasteiger partial charge in [0.1, 0.15) is 17.9 Å². The van der Waals surface area contributed by atoms with E-state index in [2.05, 4.69) is 10.3 Å². The third-order valence-corrected chi connectivity index (χ3v) is 4.72. The molecule has 4 atom stereocenters. The molecule has 8 nitrogen and oxygen atoms in total. The van der Waals surface area contributed by atoms with Gasteiger partial charge in [-0.05, 0) is 32.4 Å². The molecule has 1 aliphatic heterocycles. The summed E-state index contributed by atoms with van der Waals surface area (Å²) >= 11 is 0. The molecule has 0 amide bonds. The molecule has 26 heavy (non-hydrogen) atoms. The van der Waals surface area contributed by atoms with E-state index >= 15 is 0 Å². The van der Waals surface area contributed by atoms with Gasteiger partial charge < -0.3 is 24.7 Å². The first-order valence-electron chi connectivity index (χ1n) is 8.51. The molecule has 1 saturated heterocycles. The Morgan fingerprint density at radius 2 is 2.12 bits per heavy atom. The Bertz CT molecular complexity index is 659. The molecular weight excluding hydrogens is 357 g/mol. The van der Waals surface area contributed by atoms with Crippen molar-refractivity contribution in [1.82, 2.24) is 15.0 Å². The molecule has 1 aromatic heterocycles. The average Bonchev–Trinajstić information content (AvgIpc) is 3.09. The molecule has 0 saturated carbocycles. The lowest BCUT2D eigenvalue weighted by atomic mass is 9.95. The molecule has 4 N–H and O–H groups in total. The zero-order valence-corrected chi connectivity index (χ0v) is 15.8. The van der Waals surface area contributed by atoms with Crippen LogP contribution >= 0.6 is 8.38 Å². The van der Waals surface area contributed by atoms with Gasteiger partial charge in [0.15, 0.2) is 8.38 Å². The highest BCUT2D eigenvalue weighted by atomic mass is 31.2. The molecule has 2 heterocycles. The molecule has 0 spiro atoms. The van der Waals surface area contributed by atoms with Crippen LogP contribution in [0.1, 0.15) is 38.5 Å². The standard InChI is InChI=1S/C17H26N3O5P/c1-3-5-7-12(6-4-2)20-11-14(18-19-20)17-16(22)15(21)10-13(25-17)8-9-26(23)24/h3-7,11,13,15-17,21-24H,8-10H2,1-2H3/b5-3-,6-4-,12-7+. The van der Waals surface area contributed by atoms with E-state index in [4.69, 9.17) is 14.5 Å². The summed E-state index contributed by atoms with van der Waals surface area (Å²) in [6.45, 7) is 3.81. The number of rotatable bonds is 7. The highest BCUT2D eigenvalue weighted by Gasteiger charge is 2.39. The van der Waals surface area contributed by atoms with Crippen LogP contribution in [0.15, 0.2) is 36.6 Å². The molecule has 144 valence electrons. The van der Waals surface area contributed by atoms with E-state index in [1.54, 1.807) is 10.9 Å². The number of aromatic nitrogens is 3. The maximum atomic E-state index is 10.3. The molecule has 1 aromatic rings. The van der Waals surface area contributed by atoms with Gasteiger partial charge in [0.05, 0.1) is 24.1 Å². The Morgan fingerprint density at radius 3 is 2.77 bits per heavy atom. The fourth-order valence-corrected chi connectivity index (χ4v) is 3.27. The van der Waals surface area contributed by atoms with Gasteiger partial charge in [-0.2, -0.15) is 0 Å². The normalized spacial score (nSPS) is 27.9. The largest absolute Gasteiger partial charge is 0.390 e. The van der Waals surface area contributed by atoms with Gasteiger partial charge in [0.25, 0.3) is 0 Å². The Hall–Kier alpha value is -1.41. The number of hydrogen-bond acceptors (Lipinski definition) is 7. The summed E-state index contributed by atoms with van der Waals surface area (Å²) in [6.07, 6.45) is 8.57. The molecule has 4 unspecified atom stereocenters. The van der Waals surface area contributed by atoms with Crippen molar-refractivity contribution >= 4 is 14.1 Å². The summed E-state index contributed by atoms with van der Waals surface area (Å²) in [5.74, 6) is 0. The zero-order chi connectivity index (χ0) is 19.1. The first-order valence-corrected chi connectivity index (χ1v) is 9.94. The fourth-order valence-electron chi connectivity index (χ4n) is 2.75. The van der Waals surface area contributed by atoms with Gasteiger partial charge in [-0.1, -0.05) is 23.4 Å². The van der Waals surface area contributed by atoms with Crippen LogP contribution in [0.4, 0.5) is 0 Å². The number of aliphatic hydroxyl groups is 2. The van der Waals surface area contributed by atoms with Crippen LogP contribution in [0.25, 0.3) is 5.70 Å². The molecule has 2 rings (SSSR count). The molecule has 0 bridgehead atoms. The Balaban J connectivity index is 2.19. The van der Waals surface area contributed by atoms with Gasteiger partial charge in [-0.3, -0.25) is 0 Å². The average molecular weight is 383 g/mol. The van der Waals surface area contributed by atoms with Crippen molar-refractivity contribution < 1.29 is 24.7 Å². The van der Waals surface area contributed by atoms with E-state index in [0.717, 1.165) is 5.70 Å². The molecule has 0 radical (unpaired) electrons. The van der Waals surface area contributed by atoms with Crippen LogP contribution < -0.4 is 0 Å². The third-order valence-electron chi connectivity index (χ3n) is 4.06. The quantitative estimate of drug-likeness (QED) is 0.416. The van der Waals surface area contributed by atoms with Crippen molar-refractivity contribution in [2.45, 2.75) is 51.1 Å². The number of ether oxygens (including phenoxy) is 1. The van der Waals surface area contributed by atoms with Crippen LogP contribution in [0.5, 0.6) is 0 Å². The van der Waals surface area contributed by atoms with Gasteiger partial charge in [0.2, 0.25) is 0 Å². The van der Waals surface area contributed by atoms with E-state index in [-0.39, 0.29) is 18.7 Å². The minimum atomic E-state index is -2.01. The van der Waals surface area contributed by atoms with Crippen molar-refractivity contribution in [3.63, 3.8) is 0 Å². The van der Waals surface area contributed by atoms with Crippen molar-refractivity contribution in [3.05, 3.63) is 42.3 Å². The predicted octanol–water partition coefficient (Wildman–Crippen LogP) is 1.51. The fraction of sp³-hybridized carbons (Fsp3) is 0.529.